The van der Waals surface area contributed by atoms with Gasteiger partial charge in [-0.05, 0) is 0 Å². The van der Waals surface area contributed by atoms with Gasteiger partial charge in [-0.3, -0.25) is 0 Å². The zero-order chi connectivity index (χ0) is 10.8. The maximum atomic E-state index is 10.9. The Morgan fingerprint density at radius 2 is 2.21 bits per heavy atom. The van der Waals surface area contributed by atoms with Crippen LogP contribution in [0.15, 0.2) is 4.52 Å². The molecule has 1 rings (SSSR count). The predicted molar refractivity (Wildman–Crippen MR) is 50.3 cm³/mol. The standard InChI is InChI=1S/C7H13N3O3S/c1-5(3-8)7-9-6(13-10-7)4-14(2,11)12/h5H,3-4,8H2,1-2H3. The van der Waals surface area contributed by atoms with Crippen LogP contribution in [0.25, 0.3) is 0 Å². The van der Waals surface area contributed by atoms with Gasteiger partial charge in [0.25, 0.3) is 0 Å². The molecule has 1 atom stereocenters. The van der Waals surface area contributed by atoms with Crippen molar-refractivity contribution in [3.63, 3.8) is 0 Å². The molecule has 0 amide bonds. The highest BCUT2D eigenvalue weighted by Crippen LogP contribution is 2.10. The quantitative estimate of drug-likeness (QED) is 0.744. The van der Waals surface area contributed by atoms with Gasteiger partial charge in [-0.2, -0.15) is 4.98 Å². The van der Waals surface area contributed by atoms with Crippen LogP contribution in [0.3, 0.4) is 0 Å². The number of sulfone groups is 1. The van der Waals surface area contributed by atoms with Gasteiger partial charge < -0.3 is 10.3 Å². The molecule has 1 heterocycles. The summed E-state index contributed by atoms with van der Waals surface area (Å²) in [6, 6.07) is 0. The van der Waals surface area contributed by atoms with Crippen LogP contribution in [0.1, 0.15) is 24.6 Å². The first kappa shape index (κ1) is 11.1. The van der Waals surface area contributed by atoms with Crippen molar-refractivity contribution >= 4 is 9.84 Å². The van der Waals surface area contributed by atoms with Crippen molar-refractivity contribution < 1.29 is 12.9 Å². The number of rotatable bonds is 4. The van der Waals surface area contributed by atoms with Crippen molar-refractivity contribution in [1.82, 2.24) is 10.1 Å². The fourth-order valence-electron chi connectivity index (χ4n) is 0.857. The minimum atomic E-state index is -3.12. The van der Waals surface area contributed by atoms with Crippen LogP contribution in [-0.4, -0.2) is 31.4 Å². The topological polar surface area (TPSA) is 99.1 Å². The first-order valence-corrected chi connectivity index (χ1v) is 6.18. The largest absolute Gasteiger partial charge is 0.338 e. The lowest BCUT2D eigenvalue weighted by atomic mass is 10.2. The smallest absolute Gasteiger partial charge is 0.241 e. The number of nitrogens with two attached hydrogens (primary N) is 1. The third-order valence-corrected chi connectivity index (χ3v) is 2.44. The van der Waals surface area contributed by atoms with Gasteiger partial charge in [0.1, 0.15) is 5.75 Å². The van der Waals surface area contributed by atoms with Gasteiger partial charge in [0.2, 0.25) is 5.89 Å². The molecule has 0 fully saturated rings. The summed E-state index contributed by atoms with van der Waals surface area (Å²) in [5, 5.41) is 3.64. The number of nitrogens with zero attached hydrogens (tertiary/aromatic N) is 2. The number of aromatic nitrogens is 2. The second-order valence-corrected chi connectivity index (χ2v) is 5.39. The van der Waals surface area contributed by atoms with Crippen LogP contribution in [-0.2, 0) is 15.6 Å². The molecule has 0 radical (unpaired) electrons. The molecule has 7 heteroatoms. The lowest BCUT2D eigenvalue weighted by molar-refractivity contribution is 0.380. The molecule has 0 saturated heterocycles. The molecule has 1 aromatic rings. The van der Waals surface area contributed by atoms with E-state index in [1.165, 1.54) is 0 Å². The van der Waals surface area contributed by atoms with E-state index < -0.39 is 9.84 Å². The van der Waals surface area contributed by atoms with Crippen molar-refractivity contribution in [3.05, 3.63) is 11.7 Å². The Morgan fingerprint density at radius 1 is 1.57 bits per heavy atom. The summed E-state index contributed by atoms with van der Waals surface area (Å²) < 4.78 is 26.6. The molecule has 0 spiro atoms. The first-order valence-electron chi connectivity index (χ1n) is 4.12. The predicted octanol–water partition coefficient (Wildman–Crippen LogP) is -0.324. The summed E-state index contributed by atoms with van der Waals surface area (Å²) >= 11 is 0. The second kappa shape index (κ2) is 4.05. The van der Waals surface area contributed by atoms with Crippen LogP contribution in [0.2, 0.25) is 0 Å². The Kier molecular flexibility index (Phi) is 3.22. The van der Waals surface area contributed by atoms with Crippen molar-refractivity contribution in [2.24, 2.45) is 5.73 Å². The van der Waals surface area contributed by atoms with E-state index in [9.17, 15) is 8.42 Å². The summed E-state index contributed by atoms with van der Waals surface area (Å²) in [7, 11) is -3.12. The third kappa shape index (κ3) is 3.08. The summed E-state index contributed by atoms with van der Waals surface area (Å²) in [6.45, 7) is 2.24. The lowest BCUT2D eigenvalue weighted by Crippen LogP contribution is -2.10. The maximum absolute atomic E-state index is 10.9. The van der Waals surface area contributed by atoms with E-state index in [4.69, 9.17) is 10.3 Å². The van der Waals surface area contributed by atoms with E-state index in [1.807, 2.05) is 6.92 Å². The van der Waals surface area contributed by atoms with Gasteiger partial charge in [0.05, 0.1) is 0 Å². The molecular weight excluding hydrogens is 206 g/mol. The molecule has 0 aliphatic carbocycles. The molecule has 1 aromatic heterocycles. The van der Waals surface area contributed by atoms with Gasteiger partial charge in [-0.25, -0.2) is 8.42 Å². The Labute approximate surface area is 82.4 Å². The van der Waals surface area contributed by atoms with Gasteiger partial charge in [0, 0.05) is 18.7 Å². The summed E-state index contributed by atoms with van der Waals surface area (Å²) in [4.78, 5) is 3.93. The summed E-state index contributed by atoms with van der Waals surface area (Å²) in [5.74, 6) is 0.318. The lowest BCUT2D eigenvalue weighted by Gasteiger charge is -1.98. The van der Waals surface area contributed by atoms with Crippen LogP contribution in [0, 0.1) is 0 Å². The first-order chi connectivity index (χ1) is 6.42. The molecule has 2 N–H and O–H groups in total. The Morgan fingerprint density at radius 3 is 2.71 bits per heavy atom. The van der Waals surface area contributed by atoms with Crippen LogP contribution >= 0.6 is 0 Å². The molecule has 0 bridgehead atoms. The van der Waals surface area contributed by atoms with Crippen LogP contribution in [0.5, 0.6) is 0 Å². The van der Waals surface area contributed by atoms with E-state index in [-0.39, 0.29) is 17.6 Å². The van der Waals surface area contributed by atoms with Gasteiger partial charge in [0.15, 0.2) is 15.7 Å². The highest BCUT2D eigenvalue weighted by atomic mass is 32.2. The monoisotopic (exact) mass is 219 g/mol. The van der Waals surface area contributed by atoms with E-state index in [0.717, 1.165) is 6.26 Å². The highest BCUT2D eigenvalue weighted by Gasteiger charge is 2.15. The average molecular weight is 219 g/mol. The van der Waals surface area contributed by atoms with Gasteiger partial charge in [-0.1, -0.05) is 12.1 Å². The zero-order valence-electron chi connectivity index (χ0n) is 8.10. The molecule has 0 aliphatic heterocycles. The van der Waals surface area contributed by atoms with E-state index >= 15 is 0 Å². The van der Waals surface area contributed by atoms with Crippen molar-refractivity contribution in [3.8, 4) is 0 Å². The third-order valence-electron chi connectivity index (χ3n) is 1.66. The minimum absolute atomic E-state index is 0.0212. The average Bonchev–Trinajstić information content (AvgIpc) is 2.48. The summed E-state index contributed by atoms with van der Waals surface area (Å²) in [5.41, 5.74) is 5.40. The Hall–Kier alpha value is -0.950. The van der Waals surface area contributed by atoms with Crippen LogP contribution in [0.4, 0.5) is 0 Å². The fraction of sp³-hybridized carbons (Fsp3) is 0.714. The molecule has 0 saturated carbocycles. The number of hydrogen-bond acceptors (Lipinski definition) is 6. The van der Waals surface area contributed by atoms with Crippen molar-refractivity contribution in [2.75, 3.05) is 12.8 Å². The van der Waals surface area contributed by atoms with E-state index in [2.05, 4.69) is 10.1 Å². The molecular formula is C7H13N3O3S. The summed E-state index contributed by atoms with van der Waals surface area (Å²) in [6.07, 6.45) is 1.11. The van der Waals surface area contributed by atoms with Crippen LogP contribution < -0.4 is 5.73 Å². The van der Waals surface area contributed by atoms with E-state index in [1.54, 1.807) is 0 Å². The molecule has 6 nitrogen and oxygen atoms in total. The highest BCUT2D eigenvalue weighted by molar-refractivity contribution is 7.89. The van der Waals surface area contributed by atoms with Crippen molar-refractivity contribution in [1.29, 1.82) is 0 Å². The maximum Gasteiger partial charge on any atom is 0.241 e. The molecule has 0 aromatic carbocycles. The Balaban J connectivity index is 2.79. The molecule has 80 valence electrons. The normalized spacial score (nSPS) is 14.2. The van der Waals surface area contributed by atoms with E-state index in [0.29, 0.717) is 12.4 Å². The molecule has 0 aliphatic rings. The van der Waals surface area contributed by atoms with Gasteiger partial charge in [-0.15, -0.1) is 0 Å². The molecule has 14 heavy (non-hydrogen) atoms. The number of hydrogen-bond donors (Lipinski definition) is 1. The zero-order valence-corrected chi connectivity index (χ0v) is 8.91. The second-order valence-electron chi connectivity index (χ2n) is 3.25. The SMILES string of the molecule is CC(CN)c1noc(CS(C)(=O)=O)n1. The minimum Gasteiger partial charge on any atom is -0.338 e. The van der Waals surface area contributed by atoms with Crippen molar-refractivity contribution in [2.45, 2.75) is 18.6 Å². The Bertz CT molecular complexity index is 398. The van der Waals surface area contributed by atoms with Gasteiger partial charge >= 0.3 is 0 Å². The molecule has 1 unspecified atom stereocenters. The fourth-order valence-corrected chi connectivity index (χ4v) is 1.42.